The number of ether oxygens (including phenoxy) is 2. The number of aldehydes is 1. The number of halogens is 1. The Bertz CT molecular complexity index is 625. The summed E-state index contributed by atoms with van der Waals surface area (Å²) in [5.74, 6) is 1.42. The maximum atomic E-state index is 11.1. The Labute approximate surface area is 125 Å². The average Bonchev–Trinajstić information content (AvgIpc) is 2.49. The van der Waals surface area contributed by atoms with Crippen LogP contribution in [-0.4, -0.2) is 18.5 Å². The SMILES string of the molecule is COc1cc(CO)ccc1Oc1ccc(Br)cc1C=O. The molecule has 0 saturated carbocycles. The molecule has 0 amide bonds. The second kappa shape index (κ2) is 6.54. The molecule has 0 fully saturated rings. The van der Waals surface area contributed by atoms with Crippen LogP contribution in [0, 0.1) is 0 Å². The number of benzene rings is 2. The lowest BCUT2D eigenvalue weighted by Gasteiger charge is -2.12. The first-order valence-corrected chi connectivity index (χ1v) is 6.67. The van der Waals surface area contributed by atoms with Gasteiger partial charge in [-0.2, -0.15) is 0 Å². The maximum absolute atomic E-state index is 11.1. The first-order chi connectivity index (χ1) is 9.67. The molecule has 20 heavy (non-hydrogen) atoms. The zero-order chi connectivity index (χ0) is 14.5. The molecule has 0 bridgehead atoms. The minimum atomic E-state index is -0.0749. The molecule has 2 aromatic carbocycles. The summed E-state index contributed by atoms with van der Waals surface area (Å²) in [6, 6.07) is 10.3. The highest BCUT2D eigenvalue weighted by Crippen LogP contribution is 2.34. The maximum Gasteiger partial charge on any atom is 0.169 e. The second-order valence-electron chi connectivity index (χ2n) is 4.05. The van der Waals surface area contributed by atoms with Gasteiger partial charge in [-0.05, 0) is 35.9 Å². The predicted molar refractivity (Wildman–Crippen MR) is 78.5 cm³/mol. The summed E-state index contributed by atoms with van der Waals surface area (Å²) in [6.45, 7) is -0.0749. The Morgan fingerprint density at radius 2 is 1.90 bits per heavy atom. The molecule has 0 spiro atoms. The van der Waals surface area contributed by atoms with Crippen molar-refractivity contribution in [3.05, 3.63) is 52.0 Å². The molecule has 2 rings (SSSR count). The van der Waals surface area contributed by atoms with Gasteiger partial charge in [-0.25, -0.2) is 0 Å². The molecule has 1 N–H and O–H groups in total. The standard InChI is InChI=1S/C15H13BrO4/c1-19-15-6-10(8-17)2-4-14(15)20-13-5-3-12(16)7-11(13)9-18/h2-7,9,17H,8H2,1H3. The van der Waals surface area contributed by atoms with E-state index in [1.54, 1.807) is 36.4 Å². The van der Waals surface area contributed by atoms with Crippen LogP contribution in [0.5, 0.6) is 17.2 Å². The van der Waals surface area contributed by atoms with E-state index in [0.29, 0.717) is 22.8 Å². The number of aliphatic hydroxyl groups is 1. The van der Waals surface area contributed by atoms with Crippen LogP contribution < -0.4 is 9.47 Å². The van der Waals surface area contributed by atoms with Crippen LogP contribution in [0.25, 0.3) is 0 Å². The monoisotopic (exact) mass is 336 g/mol. The Morgan fingerprint density at radius 1 is 1.15 bits per heavy atom. The van der Waals surface area contributed by atoms with Crippen molar-refractivity contribution in [3.63, 3.8) is 0 Å². The summed E-state index contributed by atoms with van der Waals surface area (Å²) in [7, 11) is 1.52. The van der Waals surface area contributed by atoms with Crippen molar-refractivity contribution >= 4 is 22.2 Å². The molecule has 4 nitrogen and oxygen atoms in total. The van der Waals surface area contributed by atoms with Gasteiger partial charge in [-0.1, -0.05) is 22.0 Å². The van der Waals surface area contributed by atoms with E-state index in [2.05, 4.69) is 15.9 Å². The quantitative estimate of drug-likeness (QED) is 0.848. The lowest BCUT2D eigenvalue weighted by atomic mass is 10.2. The number of carbonyl (C=O) groups is 1. The van der Waals surface area contributed by atoms with Gasteiger partial charge < -0.3 is 14.6 Å². The van der Waals surface area contributed by atoms with Gasteiger partial charge in [0.1, 0.15) is 5.75 Å². The molecule has 0 unspecified atom stereocenters. The summed E-state index contributed by atoms with van der Waals surface area (Å²) < 4.78 is 11.7. The molecule has 0 aliphatic rings. The number of rotatable bonds is 5. The van der Waals surface area contributed by atoms with Crippen LogP contribution in [0.2, 0.25) is 0 Å². The van der Waals surface area contributed by atoms with Crippen LogP contribution >= 0.6 is 15.9 Å². The van der Waals surface area contributed by atoms with Crippen molar-refractivity contribution in [2.75, 3.05) is 7.11 Å². The predicted octanol–water partition coefficient (Wildman–Crippen LogP) is 3.55. The van der Waals surface area contributed by atoms with E-state index in [9.17, 15) is 4.79 Å². The highest BCUT2D eigenvalue weighted by atomic mass is 79.9. The van der Waals surface area contributed by atoms with E-state index in [1.807, 2.05) is 0 Å². The molecule has 0 aliphatic carbocycles. The number of hydrogen-bond acceptors (Lipinski definition) is 4. The van der Waals surface area contributed by atoms with Crippen molar-refractivity contribution in [2.45, 2.75) is 6.61 Å². The molecule has 0 aliphatic heterocycles. The molecule has 2 aromatic rings. The third-order valence-corrected chi connectivity index (χ3v) is 3.22. The van der Waals surface area contributed by atoms with E-state index >= 15 is 0 Å². The van der Waals surface area contributed by atoms with Crippen LogP contribution in [0.1, 0.15) is 15.9 Å². The lowest BCUT2D eigenvalue weighted by Crippen LogP contribution is -1.95. The number of hydrogen-bond donors (Lipinski definition) is 1. The van der Waals surface area contributed by atoms with Gasteiger partial charge in [-0.15, -0.1) is 0 Å². The summed E-state index contributed by atoms with van der Waals surface area (Å²) >= 11 is 3.30. The zero-order valence-corrected chi connectivity index (χ0v) is 12.4. The summed E-state index contributed by atoms with van der Waals surface area (Å²) in [4.78, 5) is 11.1. The van der Waals surface area contributed by atoms with E-state index in [1.165, 1.54) is 7.11 Å². The van der Waals surface area contributed by atoms with Crippen molar-refractivity contribution in [1.29, 1.82) is 0 Å². The van der Waals surface area contributed by atoms with Crippen LogP contribution in [0.4, 0.5) is 0 Å². The second-order valence-corrected chi connectivity index (χ2v) is 4.96. The van der Waals surface area contributed by atoms with Crippen LogP contribution in [-0.2, 0) is 6.61 Å². The van der Waals surface area contributed by atoms with E-state index in [4.69, 9.17) is 14.6 Å². The molecule has 5 heteroatoms. The summed E-state index contributed by atoms with van der Waals surface area (Å²) in [6.07, 6.45) is 0.731. The number of aliphatic hydroxyl groups excluding tert-OH is 1. The van der Waals surface area contributed by atoms with E-state index in [-0.39, 0.29) is 6.61 Å². The Kier molecular flexibility index (Phi) is 4.76. The highest BCUT2D eigenvalue weighted by Gasteiger charge is 2.10. The van der Waals surface area contributed by atoms with Gasteiger partial charge in [0.05, 0.1) is 19.3 Å². The number of methoxy groups -OCH3 is 1. The van der Waals surface area contributed by atoms with Gasteiger partial charge in [0, 0.05) is 4.47 Å². The Balaban J connectivity index is 2.37. The zero-order valence-electron chi connectivity index (χ0n) is 10.8. The molecule has 0 heterocycles. The Morgan fingerprint density at radius 3 is 2.55 bits per heavy atom. The smallest absolute Gasteiger partial charge is 0.169 e. The molecular weight excluding hydrogens is 324 g/mol. The summed E-state index contributed by atoms with van der Waals surface area (Å²) in [5.41, 5.74) is 1.16. The van der Waals surface area contributed by atoms with Gasteiger partial charge in [0.2, 0.25) is 0 Å². The fraction of sp³-hybridized carbons (Fsp3) is 0.133. The Hall–Kier alpha value is -1.85. The third-order valence-electron chi connectivity index (χ3n) is 2.73. The third kappa shape index (κ3) is 3.18. The minimum Gasteiger partial charge on any atom is -0.493 e. The van der Waals surface area contributed by atoms with Gasteiger partial charge >= 0.3 is 0 Å². The van der Waals surface area contributed by atoms with Gasteiger partial charge in [0.25, 0.3) is 0 Å². The first-order valence-electron chi connectivity index (χ1n) is 5.88. The molecule has 0 aromatic heterocycles. The van der Waals surface area contributed by atoms with Crippen molar-refractivity contribution in [1.82, 2.24) is 0 Å². The van der Waals surface area contributed by atoms with Crippen molar-refractivity contribution in [3.8, 4) is 17.2 Å². The largest absolute Gasteiger partial charge is 0.493 e. The fourth-order valence-corrected chi connectivity index (χ4v) is 2.10. The van der Waals surface area contributed by atoms with Gasteiger partial charge in [0.15, 0.2) is 17.8 Å². The minimum absolute atomic E-state index is 0.0749. The van der Waals surface area contributed by atoms with Crippen molar-refractivity contribution < 1.29 is 19.4 Å². The van der Waals surface area contributed by atoms with E-state index in [0.717, 1.165) is 16.3 Å². The topological polar surface area (TPSA) is 55.8 Å². The molecule has 104 valence electrons. The van der Waals surface area contributed by atoms with Gasteiger partial charge in [-0.3, -0.25) is 4.79 Å². The molecule has 0 atom stereocenters. The molecule has 0 radical (unpaired) electrons. The normalized spacial score (nSPS) is 10.2. The molecular formula is C15H13BrO4. The first kappa shape index (κ1) is 14.6. The summed E-state index contributed by atoms with van der Waals surface area (Å²) in [5, 5.41) is 9.10. The van der Waals surface area contributed by atoms with Crippen molar-refractivity contribution in [2.24, 2.45) is 0 Å². The average molecular weight is 337 g/mol. The highest BCUT2D eigenvalue weighted by molar-refractivity contribution is 9.10. The lowest BCUT2D eigenvalue weighted by molar-refractivity contribution is 0.112. The fourth-order valence-electron chi connectivity index (χ4n) is 1.72. The number of carbonyl (C=O) groups excluding carboxylic acids is 1. The van der Waals surface area contributed by atoms with Crippen LogP contribution in [0.15, 0.2) is 40.9 Å². The molecule has 0 saturated heterocycles. The van der Waals surface area contributed by atoms with E-state index < -0.39 is 0 Å². The van der Waals surface area contributed by atoms with Crippen LogP contribution in [0.3, 0.4) is 0 Å².